The van der Waals surface area contributed by atoms with E-state index in [9.17, 15) is 4.39 Å². The first-order valence-corrected chi connectivity index (χ1v) is 3.70. The average molecular weight is 146 g/mol. The Morgan fingerprint density at radius 3 is 2.60 bits per heavy atom. The molecule has 1 aliphatic heterocycles. The Balaban J connectivity index is 2.03. The molecule has 0 spiro atoms. The van der Waals surface area contributed by atoms with E-state index in [1.165, 1.54) is 0 Å². The van der Waals surface area contributed by atoms with Gasteiger partial charge in [0.2, 0.25) is 0 Å². The zero-order valence-corrected chi connectivity index (χ0v) is 6.65. The summed E-state index contributed by atoms with van der Waals surface area (Å²) in [5.74, 6) is 0. The van der Waals surface area contributed by atoms with Crippen LogP contribution in [-0.4, -0.2) is 43.8 Å². The molecule has 10 heavy (non-hydrogen) atoms. The number of likely N-dealkylation sites (N-methyl/N-ethyl adjacent to an activating group) is 1. The van der Waals surface area contributed by atoms with Crippen molar-refractivity contribution in [2.75, 3.05) is 33.2 Å². The topological polar surface area (TPSA) is 15.3 Å². The molecule has 0 aromatic heterocycles. The molecule has 60 valence electrons. The maximum absolute atomic E-state index is 12.8. The summed E-state index contributed by atoms with van der Waals surface area (Å²) in [5, 5.41) is 3.03. The van der Waals surface area contributed by atoms with Crippen LogP contribution in [0.1, 0.15) is 6.92 Å². The molecule has 0 bridgehead atoms. The SMILES string of the molecule is CNCCN1CC(C)(F)C1. The number of rotatable bonds is 3. The van der Waals surface area contributed by atoms with Crippen LogP contribution in [0.3, 0.4) is 0 Å². The summed E-state index contributed by atoms with van der Waals surface area (Å²) in [5.41, 5.74) is -0.909. The van der Waals surface area contributed by atoms with Crippen LogP contribution < -0.4 is 5.32 Å². The quantitative estimate of drug-likeness (QED) is 0.614. The third-order valence-electron chi connectivity index (χ3n) is 1.78. The van der Waals surface area contributed by atoms with E-state index >= 15 is 0 Å². The van der Waals surface area contributed by atoms with Crippen molar-refractivity contribution in [3.63, 3.8) is 0 Å². The summed E-state index contributed by atoms with van der Waals surface area (Å²) in [6, 6.07) is 0. The maximum atomic E-state index is 12.8. The van der Waals surface area contributed by atoms with Gasteiger partial charge in [0.15, 0.2) is 0 Å². The Labute approximate surface area is 61.4 Å². The van der Waals surface area contributed by atoms with Crippen molar-refractivity contribution in [1.29, 1.82) is 0 Å². The fourth-order valence-electron chi connectivity index (χ4n) is 1.31. The second-order valence-electron chi connectivity index (χ2n) is 3.23. The molecule has 1 aliphatic rings. The van der Waals surface area contributed by atoms with Gasteiger partial charge in [0.05, 0.1) is 0 Å². The first-order valence-electron chi connectivity index (χ1n) is 3.70. The van der Waals surface area contributed by atoms with Crippen LogP contribution in [0.2, 0.25) is 0 Å². The normalized spacial score (nSPS) is 24.3. The van der Waals surface area contributed by atoms with E-state index in [0.29, 0.717) is 13.1 Å². The van der Waals surface area contributed by atoms with Crippen molar-refractivity contribution in [2.24, 2.45) is 0 Å². The van der Waals surface area contributed by atoms with Crippen LogP contribution in [0.5, 0.6) is 0 Å². The molecule has 0 aliphatic carbocycles. The van der Waals surface area contributed by atoms with Gasteiger partial charge in [0, 0.05) is 26.2 Å². The number of hydrogen-bond donors (Lipinski definition) is 1. The van der Waals surface area contributed by atoms with Crippen molar-refractivity contribution >= 4 is 0 Å². The van der Waals surface area contributed by atoms with Gasteiger partial charge in [-0.15, -0.1) is 0 Å². The summed E-state index contributed by atoms with van der Waals surface area (Å²) in [7, 11) is 1.91. The minimum absolute atomic E-state index is 0.606. The van der Waals surface area contributed by atoms with Crippen molar-refractivity contribution in [3.05, 3.63) is 0 Å². The lowest BCUT2D eigenvalue weighted by Crippen LogP contribution is -2.58. The molecule has 0 radical (unpaired) electrons. The number of hydrogen-bond acceptors (Lipinski definition) is 2. The molecule has 0 aromatic carbocycles. The molecule has 1 N–H and O–H groups in total. The molecule has 3 heteroatoms. The van der Waals surface area contributed by atoms with Crippen molar-refractivity contribution < 1.29 is 4.39 Å². The summed E-state index contributed by atoms with van der Waals surface area (Å²) < 4.78 is 12.8. The number of nitrogens with one attached hydrogen (secondary N) is 1. The van der Waals surface area contributed by atoms with Crippen LogP contribution in [0.25, 0.3) is 0 Å². The second-order valence-corrected chi connectivity index (χ2v) is 3.23. The summed E-state index contributed by atoms with van der Waals surface area (Å²) in [4.78, 5) is 2.11. The fraction of sp³-hybridized carbons (Fsp3) is 1.00. The van der Waals surface area contributed by atoms with Crippen LogP contribution in [0, 0.1) is 0 Å². The molecule has 0 saturated carbocycles. The molecule has 0 amide bonds. The molecular formula is C7H15FN2. The van der Waals surface area contributed by atoms with Gasteiger partial charge in [-0.25, -0.2) is 4.39 Å². The van der Waals surface area contributed by atoms with Gasteiger partial charge < -0.3 is 5.32 Å². The first-order chi connectivity index (χ1) is 4.64. The monoisotopic (exact) mass is 146 g/mol. The number of halogens is 1. The van der Waals surface area contributed by atoms with Crippen LogP contribution in [0.4, 0.5) is 4.39 Å². The predicted octanol–water partition coefficient (Wildman–Crippen LogP) is 0.250. The molecule has 1 saturated heterocycles. The molecule has 0 unspecified atom stereocenters. The Morgan fingerprint density at radius 1 is 1.60 bits per heavy atom. The summed E-state index contributed by atoms with van der Waals surface area (Å²) >= 11 is 0. The number of nitrogens with zero attached hydrogens (tertiary/aromatic N) is 1. The van der Waals surface area contributed by atoms with Gasteiger partial charge in [-0.2, -0.15) is 0 Å². The highest BCUT2D eigenvalue weighted by Crippen LogP contribution is 2.23. The molecular weight excluding hydrogens is 131 g/mol. The van der Waals surface area contributed by atoms with Crippen LogP contribution in [0.15, 0.2) is 0 Å². The highest BCUT2D eigenvalue weighted by atomic mass is 19.1. The zero-order chi connectivity index (χ0) is 7.61. The fourth-order valence-corrected chi connectivity index (χ4v) is 1.31. The van der Waals surface area contributed by atoms with E-state index < -0.39 is 5.67 Å². The van der Waals surface area contributed by atoms with E-state index in [2.05, 4.69) is 10.2 Å². The molecule has 0 aromatic rings. The summed E-state index contributed by atoms with van der Waals surface area (Å²) in [6.07, 6.45) is 0. The molecule has 0 atom stereocenters. The number of alkyl halides is 1. The highest BCUT2D eigenvalue weighted by Gasteiger charge is 2.37. The first kappa shape index (κ1) is 7.95. The van der Waals surface area contributed by atoms with Gasteiger partial charge in [-0.05, 0) is 14.0 Å². The smallest absolute Gasteiger partial charge is 0.133 e. The Kier molecular flexibility index (Phi) is 2.26. The minimum atomic E-state index is -0.909. The lowest BCUT2D eigenvalue weighted by molar-refractivity contribution is -0.0158. The predicted molar refractivity (Wildman–Crippen MR) is 39.9 cm³/mol. The molecule has 2 nitrogen and oxygen atoms in total. The van der Waals surface area contributed by atoms with Crippen LogP contribution in [-0.2, 0) is 0 Å². The largest absolute Gasteiger partial charge is 0.318 e. The van der Waals surface area contributed by atoms with Gasteiger partial charge in [0.1, 0.15) is 5.67 Å². The molecule has 1 fully saturated rings. The standard InChI is InChI=1S/C7H15FN2/c1-7(8)5-10(6-7)4-3-9-2/h9H,3-6H2,1-2H3. The van der Waals surface area contributed by atoms with E-state index in [1.807, 2.05) is 7.05 Å². The Morgan fingerprint density at radius 2 is 2.20 bits per heavy atom. The zero-order valence-electron chi connectivity index (χ0n) is 6.65. The Bertz CT molecular complexity index is 106. The minimum Gasteiger partial charge on any atom is -0.318 e. The molecule has 1 rings (SSSR count). The van der Waals surface area contributed by atoms with E-state index in [0.717, 1.165) is 13.1 Å². The van der Waals surface area contributed by atoms with Gasteiger partial charge in [0.25, 0.3) is 0 Å². The average Bonchev–Trinajstić information content (AvgIpc) is 1.78. The third kappa shape index (κ3) is 1.92. The van der Waals surface area contributed by atoms with Crippen molar-refractivity contribution in [1.82, 2.24) is 10.2 Å². The lowest BCUT2D eigenvalue weighted by Gasteiger charge is -2.42. The van der Waals surface area contributed by atoms with Crippen LogP contribution >= 0.6 is 0 Å². The number of likely N-dealkylation sites (tertiary alicyclic amines) is 1. The summed E-state index contributed by atoms with van der Waals surface area (Å²) in [6.45, 7) is 4.79. The third-order valence-corrected chi connectivity index (χ3v) is 1.78. The molecule has 1 heterocycles. The van der Waals surface area contributed by atoms with Crippen molar-refractivity contribution in [2.45, 2.75) is 12.6 Å². The van der Waals surface area contributed by atoms with Gasteiger partial charge in [-0.3, -0.25) is 4.90 Å². The van der Waals surface area contributed by atoms with Crippen molar-refractivity contribution in [3.8, 4) is 0 Å². The van der Waals surface area contributed by atoms with Gasteiger partial charge in [-0.1, -0.05) is 0 Å². The van der Waals surface area contributed by atoms with E-state index in [1.54, 1.807) is 6.92 Å². The Hall–Kier alpha value is -0.150. The second kappa shape index (κ2) is 2.84. The lowest BCUT2D eigenvalue weighted by atomic mass is 9.99. The van der Waals surface area contributed by atoms with E-state index in [-0.39, 0.29) is 0 Å². The highest BCUT2D eigenvalue weighted by molar-refractivity contribution is 4.91. The van der Waals surface area contributed by atoms with Gasteiger partial charge >= 0.3 is 0 Å². The maximum Gasteiger partial charge on any atom is 0.133 e. The van der Waals surface area contributed by atoms with E-state index in [4.69, 9.17) is 0 Å².